The van der Waals surface area contributed by atoms with Gasteiger partial charge >= 0.3 is 0 Å². The molecule has 1 atom stereocenters. The molecule has 5 nitrogen and oxygen atoms in total. The molecule has 2 amide bonds. The highest BCUT2D eigenvalue weighted by molar-refractivity contribution is 6.07. The highest BCUT2D eigenvalue weighted by Crippen LogP contribution is 2.35. The average molecular weight is 432 g/mol. The van der Waals surface area contributed by atoms with Crippen LogP contribution in [0.2, 0.25) is 0 Å². The summed E-state index contributed by atoms with van der Waals surface area (Å²) in [5, 5.41) is 5.27. The highest BCUT2D eigenvalue weighted by atomic mass is 19.1. The Bertz CT molecular complexity index is 1150. The van der Waals surface area contributed by atoms with E-state index in [9.17, 15) is 14.0 Å². The molecule has 3 aromatic rings. The summed E-state index contributed by atoms with van der Waals surface area (Å²) in [5.74, 6) is -0.951. The monoisotopic (exact) mass is 432 g/mol. The predicted molar refractivity (Wildman–Crippen MR) is 121 cm³/mol. The van der Waals surface area contributed by atoms with Crippen LogP contribution in [0.25, 0.3) is 10.8 Å². The SMILES string of the molecule is O=C(NC1(c2ccc(F)cc2)CCOCC1)C1CC(=O)N(c2cccc3ccccc23)C1. The Balaban J connectivity index is 1.38. The Morgan fingerprint density at radius 3 is 2.50 bits per heavy atom. The first-order valence-corrected chi connectivity index (χ1v) is 11.0. The molecule has 3 aromatic carbocycles. The molecule has 2 aliphatic rings. The number of benzene rings is 3. The second-order valence-electron chi connectivity index (χ2n) is 8.59. The number of carbonyl (C=O) groups is 2. The van der Waals surface area contributed by atoms with Crippen LogP contribution in [-0.4, -0.2) is 31.6 Å². The summed E-state index contributed by atoms with van der Waals surface area (Å²) in [7, 11) is 0. The third-order valence-electron chi connectivity index (χ3n) is 6.66. The van der Waals surface area contributed by atoms with Crippen LogP contribution in [0.15, 0.2) is 66.7 Å². The Morgan fingerprint density at radius 2 is 1.72 bits per heavy atom. The van der Waals surface area contributed by atoms with Gasteiger partial charge in [-0.15, -0.1) is 0 Å². The van der Waals surface area contributed by atoms with Gasteiger partial charge in [0.25, 0.3) is 0 Å². The van der Waals surface area contributed by atoms with Gasteiger partial charge in [0, 0.05) is 31.6 Å². The van der Waals surface area contributed by atoms with Crippen LogP contribution in [0.3, 0.4) is 0 Å². The van der Waals surface area contributed by atoms with E-state index in [4.69, 9.17) is 4.74 Å². The minimum absolute atomic E-state index is 0.0516. The number of ether oxygens (including phenoxy) is 1. The first kappa shape index (κ1) is 20.6. The van der Waals surface area contributed by atoms with Gasteiger partial charge in [-0.05, 0) is 42.0 Å². The summed E-state index contributed by atoms with van der Waals surface area (Å²) in [4.78, 5) is 28.0. The summed E-state index contributed by atoms with van der Waals surface area (Å²) in [5.41, 5.74) is 1.09. The molecule has 6 heteroatoms. The zero-order chi connectivity index (χ0) is 22.1. The Labute approximate surface area is 186 Å². The van der Waals surface area contributed by atoms with Crippen molar-refractivity contribution in [1.82, 2.24) is 5.32 Å². The van der Waals surface area contributed by atoms with E-state index in [1.54, 1.807) is 17.0 Å². The van der Waals surface area contributed by atoms with Gasteiger partial charge in [0.15, 0.2) is 0 Å². The fraction of sp³-hybridized carbons (Fsp3) is 0.308. The van der Waals surface area contributed by atoms with E-state index in [1.807, 2.05) is 42.5 Å². The van der Waals surface area contributed by atoms with Gasteiger partial charge in [-0.25, -0.2) is 4.39 Å². The molecule has 32 heavy (non-hydrogen) atoms. The molecule has 0 aromatic heterocycles. The van der Waals surface area contributed by atoms with E-state index in [0.29, 0.717) is 32.6 Å². The molecule has 2 aliphatic heterocycles. The van der Waals surface area contributed by atoms with Crippen molar-refractivity contribution in [2.24, 2.45) is 5.92 Å². The number of carbonyl (C=O) groups excluding carboxylic acids is 2. The Kier molecular flexibility index (Phi) is 5.39. The van der Waals surface area contributed by atoms with Gasteiger partial charge in [-0.1, -0.05) is 48.5 Å². The van der Waals surface area contributed by atoms with Crippen LogP contribution in [-0.2, 0) is 19.9 Å². The van der Waals surface area contributed by atoms with E-state index in [-0.39, 0.29) is 24.1 Å². The molecule has 5 rings (SSSR count). The minimum Gasteiger partial charge on any atom is -0.381 e. The number of hydrogen-bond donors (Lipinski definition) is 1. The lowest BCUT2D eigenvalue weighted by Crippen LogP contribution is -2.51. The van der Waals surface area contributed by atoms with Crippen molar-refractivity contribution in [3.05, 3.63) is 78.1 Å². The van der Waals surface area contributed by atoms with Gasteiger partial charge in [0.05, 0.1) is 17.1 Å². The number of rotatable bonds is 4. The molecule has 0 aliphatic carbocycles. The maximum absolute atomic E-state index is 13.5. The summed E-state index contributed by atoms with van der Waals surface area (Å²) >= 11 is 0. The lowest BCUT2D eigenvalue weighted by Gasteiger charge is -2.39. The molecule has 2 fully saturated rings. The number of hydrogen-bond acceptors (Lipinski definition) is 3. The van der Waals surface area contributed by atoms with Crippen LogP contribution in [0, 0.1) is 11.7 Å². The topological polar surface area (TPSA) is 58.6 Å². The molecule has 2 saturated heterocycles. The lowest BCUT2D eigenvalue weighted by atomic mass is 9.82. The summed E-state index contributed by atoms with van der Waals surface area (Å²) in [6, 6.07) is 20.1. The van der Waals surface area contributed by atoms with Crippen molar-refractivity contribution in [2.45, 2.75) is 24.8 Å². The number of halogens is 1. The van der Waals surface area contributed by atoms with E-state index < -0.39 is 11.5 Å². The van der Waals surface area contributed by atoms with Gasteiger partial charge in [-0.3, -0.25) is 9.59 Å². The van der Waals surface area contributed by atoms with Crippen LogP contribution in [0.4, 0.5) is 10.1 Å². The highest BCUT2D eigenvalue weighted by Gasteiger charge is 2.41. The molecule has 2 heterocycles. The molecule has 0 spiro atoms. The maximum atomic E-state index is 13.5. The molecular formula is C26H25FN2O3. The average Bonchev–Trinajstić information content (AvgIpc) is 3.21. The summed E-state index contributed by atoms with van der Waals surface area (Å²) in [6.45, 7) is 1.38. The van der Waals surface area contributed by atoms with Crippen molar-refractivity contribution < 1.29 is 18.7 Å². The molecule has 164 valence electrons. The van der Waals surface area contributed by atoms with E-state index in [1.165, 1.54) is 12.1 Å². The number of nitrogens with zero attached hydrogens (tertiary/aromatic N) is 1. The summed E-state index contributed by atoms with van der Waals surface area (Å²) < 4.78 is 19.0. The smallest absolute Gasteiger partial charge is 0.227 e. The predicted octanol–water partition coefficient (Wildman–Crippen LogP) is 4.15. The van der Waals surface area contributed by atoms with Gasteiger partial charge < -0.3 is 15.0 Å². The Morgan fingerprint density at radius 1 is 1.00 bits per heavy atom. The van der Waals surface area contributed by atoms with Gasteiger partial charge in [0.1, 0.15) is 5.82 Å². The zero-order valence-electron chi connectivity index (χ0n) is 17.7. The molecular weight excluding hydrogens is 407 g/mol. The standard InChI is InChI=1S/C26H25FN2O3/c27-21-10-8-20(9-11-21)26(12-14-32-15-13-26)28-25(31)19-16-24(30)29(17-19)23-7-3-5-18-4-1-2-6-22(18)23/h1-11,19H,12-17H2,(H,28,31). The number of amides is 2. The van der Waals surface area contributed by atoms with Crippen molar-refractivity contribution in [3.8, 4) is 0 Å². The van der Waals surface area contributed by atoms with Crippen molar-refractivity contribution in [2.75, 3.05) is 24.7 Å². The molecule has 0 saturated carbocycles. The van der Waals surface area contributed by atoms with Crippen LogP contribution in [0.1, 0.15) is 24.8 Å². The van der Waals surface area contributed by atoms with Crippen molar-refractivity contribution >= 4 is 28.3 Å². The fourth-order valence-electron chi connectivity index (χ4n) is 4.87. The quantitative estimate of drug-likeness (QED) is 0.674. The molecule has 0 radical (unpaired) electrons. The molecule has 1 N–H and O–H groups in total. The number of anilines is 1. The van der Waals surface area contributed by atoms with Crippen LogP contribution < -0.4 is 10.2 Å². The first-order valence-electron chi connectivity index (χ1n) is 11.0. The van der Waals surface area contributed by atoms with Crippen molar-refractivity contribution in [3.63, 3.8) is 0 Å². The van der Waals surface area contributed by atoms with E-state index in [2.05, 4.69) is 5.32 Å². The minimum atomic E-state index is -0.612. The molecule has 1 unspecified atom stereocenters. The number of nitrogens with one attached hydrogen (secondary N) is 1. The largest absolute Gasteiger partial charge is 0.381 e. The zero-order valence-corrected chi connectivity index (χ0v) is 17.7. The van der Waals surface area contributed by atoms with Crippen molar-refractivity contribution in [1.29, 1.82) is 0 Å². The second-order valence-corrected chi connectivity index (χ2v) is 8.59. The van der Waals surface area contributed by atoms with E-state index >= 15 is 0 Å². The normalized spacial score (nSPS) is 20.5. The van der Waals surface area contributed by atoms with E-state index in [0.717, 1.165) is 22.0 Å². The van der Waals surface area contributed by atoms with Crippen LogP contribution in [0.5, 0.6) is 0 Å². The maximum Gasteiger partial charge on any atom is 0.227 e. The lowest BCUT2D eigenvalue weighted by molar-refractivity contribution is -0.129. The third-order valence-corrected chi connectivity index (χ3v) is 6.66. The third kappa shape index (κ3) is 3.75. The number of fused-ring (bicyclic) bond motifs is 1. The first-order chi connectivity index (χ1) is 15.6. The Hall–Kier alpha value is -3.25. The van der Waals surface area contributed by atoms with Crippen LogP contribution >= 0.6 is 0 Å². The molecule has 0 bridgehead atoms. The summed E-state index contributed by atoms with van der Waals surface area (Å²) in [6.07, 6.45) is 1.39. The van der Waals surface area contributed by atoms with Gasteiger partial charge in [-0.2, -0.15) is 0 Å². The van der Waals surface area contributed by atoms with Gasteiger partial charge in [0.2, 0.25) is 11.8 Å². The second kappa shape index (κ2) is 8.36. The fourth-order valence-corrected chi connectivity index (χ4v) is 4.87.